The highest BCUT2D eigenvalue weighted by molar-refractivity contribution is 5.76. The fourth-order valence-corrected chi connectivity index (χ4v) is 4.18. The second-order valence-electron chi connectivity index (χ2n) is 6.81. The van der Waals surface area contributed by atoms with Crippen LogP contribution in [0.2, 0.25) is 0 Å². The Balaban J connectivity index is 1.65. The Morgan fingerprint density at radius 3 is 2.64 bits per heavy atom. The maximum absolute atomic E-state index is 12.4. The van der Waals surface area contributed by atoms with E-state index in [0.717, 1.165) is 18.4 Å². The van der Waals surface area contributed by atoms with Crippen LogP contribution in [0.15, 0.2) is 30.3 Å². The molecule has 4 rings (SSSR count). The second kappa shape index (κ2) is 7.87. The number of fused-ring (bicyclic) bond motifs is 3. The van der Waals surface area contributed by atoms with E-state index >= 15 is 0 Å². The Labute approximate surface area is 147 Å². The molecule has 3 aliphatic carbocycles. The van der Waals surface area contributed by atoms with E-state index in [1.165, 1.54) is 0 Å². The molecule has 136 valence electrons. The Bertz CT molecular complexity index is 605. The van der Waals surface area contributed by atoms with E-state index in [1.807, 2.05) is 30.3 Å². The molecule has 1 aromatic carbocycles. The highest BCUT2D eigenvalue weighted by atomic mass is 16.5. The predicted molar refractivity (Wildman–Crippen MR) is 90.5 cm³/mol. The normalized spacial score (nSPS) is 30.6. The average molecular weight is 347 g/mol. The molecule has 6 heteroatoms. The Hall–Kier alpha value is -2.08. The topological polar surface area (TPSA) is 84.9 Å². The molecule has 2 bridgehead atoms. The lowest BCUT2D eigenvalue weighted by Crippen LogP contribution is -2.60. The monoisotopic (exact) mass is 347 g/mol. The minimum absolute atomic E-state index is 0.0403. The number of hydrogen-bond donors (Lipinski definition) is 2. The largest absolute Gasteiger partial charge is 0.466 e. The average Bonchev–Trinajstić information content (AvgIpc) is 2.61. The summed E-state index contributed by atoms with van der Waals surface area (Å²) < 4.78 is 10.5. The van der Waals surface area contributed by atoms with Gasteiger partial charge in [-0.1, -0.05) is 30.3 Å². The molecule has 0 radical (unpaired) electrons. The van der Waals surface area contributed by atoms with Crippen LogP contribution in [-0.4, -0.2) is 35.9 Å². The zero-order chi connectivity index (χ0) is 17.8. The van der Waals surface area contributed by atoms with E-state index < -0.39 is 24.2 Å². The quantitative estimate of drug-likeness (QED) is 0.798. The van der Waals surface area contributed by atoms with Crippen molar-refractivity contribution < 1.29 is 24.2 Å². The summed E-state index contributed by atoms with van der Waals surface area (Å²) in [4.78, 5) is 24.6. The van der Waals surface area contributed by atoms with Gasteiger partial charge in [-0.05, 0) is 37.7 Å². The molecule has 25 heavy (non-hydrogen) atoms. The third-order valence-electron chi connectivity index (χ3n) is 5.32. The number of esters is 1. The maximum atomic E-state index is 12.4. The molecule has 3 fully saturated rings. The number of aliphatic hydroxyl groups excluding tert-OH is 1. The van der Waals surface area contributed by atoms with Crippen LogP contribution in [0, 0.1) is 17.8 Å². The number of ether oxygens (including phenoxy) is 2. The summed E-state index contributed by atoms with van der Waals surface area (Å²) in [6, 6.07) is 8.97. The van der Waals surface area contributed by atoms with E-state index in [-0.39, 0.29) is 24.4 Å². The highest BCUT2D eigenvalue weighted by Gasteiger charge is 2.52. The van der Waals surface area contributed by atoms with Crippen molar-refractivity contribution >= 4 is 12.1 Å². The molecule has 3 saturated carbocycles. The fourth-order valence-electron chi connectivity index (χ4n) is 4.18. The molecule has 2 N–H and O–H groups in total. The Morgan fingerprint density at radius 2 is 1.96 bits per heavy atom. The van der Waals surface area contributed by atoms with Crippen LogP contribution in [-0.2, 0) is 20.9 Å². The Morgan fingerprint density at radius 1 is 1.20 bits per heavy atom. The number of nitrogens with one attached hydrogen (secondary N) is 1. The minimum atomic E-state index is -0.567. The van der Waals surface area contributed by atoms with Crippen molar-refractivity contribution in [2.75, 3.05) is 6.61 Å². The van der Waals surface area contributed by atoms with Crippen LogP contribution < -0.4 is 5.32 Å². The summed E-state index contributed by atoms with van der Waals surface area (Å²) in [6.07, 6.45) is 1.20. The highest BCUT2D eigenvalue weighted by Crippen LogP contribution is 2.45. The zero-order valence-electron chi connectivity index (χ0n) is 14.4. The van der Waals surface area contributed by atoms with Gasteiger partial charge in [-0.15, -0.1) is 0 Å². The van der Waals surface area contributed by atoms with Crippen molar-refractivity contribution in [2.24, 2.45) is 17.8 Å². The van der Waals surface area contributed by atoms with Crippen molar-refractivity contribution in [1.29, 1.82) is 0 Å². The first-order valence-electron chi connectivity index (χ1n) is 8.92. The summed E-state index contributed by atoms with van der Waals surface area (Å²) in [6.45, 7) is 2.24. The smallest absolute Gasteiger partial charge is 0.407 e. The first-order valence-corrected chi connectivity index (χ1v) is 8.92. The number of alkyl carbamates (subject to hydrolysis) is 1. The molecule has 6 nitrogen and oxygen atoms in total. The van der Waals surface area contributed by atoms with Crippen molar-refractivity contribution in [1.82, 2.24) is 5.32 Å². The van der Waals surface area contributed by atoms with Crippen LogP contribution in [0.3, 0.4) is 0 Å². The lowest BCUT2D eigenvalue weighted by Gasteiger charge is -2.49. The molecule has 0 heterocycles. The van der Waals surface area contributed by atoms with E-state index in [4.69, 9.17) is 9.47 Å². The molecule has 1 aromatic rings. The van der Waals surface area contributed by atoms with Crippen LogP contribution in [0.5, 0.6) is 0 Å². The number of carbonyl (C=O) groups excluding carboxylic acids is 2. The molecular weight excluding hydrogens is 322 g/mol. The van der Waals surface area contributed by atoms with Gasteiger partial charge in [0.15, 0.2) is 0 Å². The van der Waals surface area contributed by atoms with Gasteiger partial charge in [-0.25, -0.2) is 4.79 Å². The minimum Gasteiger partial charge on any atom is -0.466 e. The molecule has 0 spiro atoms. The van der Waals surface area contributed by atoms with Crippen LogP contribution >= 0.6 is 0 Å². The molecule has 3 aliphatic rings. The number of aliphatic hydroxyl groups is 1. The van der Waals surface area contributed by atoms with Gasteiger partial charge in [0, 0.05) is 5.92 Å². The van der Waals surface area contributed by atoms with Gasteiger partial charge in [-0.2, -0.15) is 0 Å². The molecular formula is C19H25NO5. The third kappa shape index (κ3) is 3.95. The van der Waals surface area contributed by atoms with Crippen molar-refractivity contribution in [3.05, 3.63) is 35.9 Å². The molecule has 0 aromatic heterocycles. The van der Waals surface area contributed by atoms with Gasteiger partial charge in [0.1, 0.15) is 6.61 Å². The second-order valence-corrected chi connectivity index (χ2v) is 6.81. The number of carbonyl (C=O) groups is 2. The summed E-state index contributed by atoms with van der Waals surface area (Å²) >= 11 is 0. The molecule has 0 aliphatic heterocycles. The number of amides is 1. The summed E-state index contributed by atoms with van der Waals surface area (Å²) in [5.74, 6) is -0.800. The van der Waals surface area contributed by atoms with E-state index in [0.29, 0.717) is 13.0 Å². The molecule has 1 unspecified atom stereocenters. The van der Waals surface area contributed by atoms with Crippen LogP contribution in [0.25, 0.3) is 0 Å². The van der Waals surface area contributed by atoms with E-state index in [9.17, 15) is 14.7 Å². The van der Waals surface area contributed by atoms with Crippen molar-refractivity contribution in [3.8, 4) is 0 Å². The number of rotatable bonds is 5. The standard InChI is InChI=1S/C19H25NO5/c1-2-24-18(22)16-13-8-9-14(15(21)10-13)17(16)20-19(23)25-11-12-6-4-3-5-7-12/h3-7,13-17,21H,2,8-11H2,1H3,(H,20,23)/t13-,14+,15?,16+,17+/m0/s1. The number of hydrogen-bond acceptors (Lipinski definition) is 5. The van der Waals surface area contributed by atoms with Crippen molar-refractivity contribution in [3.63, 3.8) is 0 Å². The molecule has 1 amide bonds. The summed E-state index contributed by atoms with van der Waals surface area (Å²) in [7, 11) is 0. The van der Waals surface area contributed by atoms with E-state index in [2.05, 4.69) is 5.32 Å². The maximum Gasteiger partial charge on any atom is 0.407 e. The van der Waals surface area contributed by atoms with Gasteiger partial charge in [0.05, 0.1) is 24.7 Å². The summed E-state index contributed by atoms with van der Waals surface area (Å²) in [5.41, 5.74) is 0.893. The first kappa shape index (κ1) is 17.7. The first-order chi connectivity index (χ1) is 12.1. The van der Waals surface area contributed by atoms with Gasteiger partial charge >= 0.3 is 12.1 Å². The third-order valence-corrected chi connectivity index (χ3v) is 5.32. The van der Waals surface area contributed by atoms with E-state index in [1.54, 1.807) is 6.92 Å². The molecule has 5 atom stereocenters. The number of benzene rings is 1. The van der Waals surface area contributed by atoms with Gasteiger partial charge in [0.25, 0.3) is 0 Å². The lowest BCUT2D eigenvalue weighted by molar-refractivity contribution is -0.160. The van der Waals surface area contributed by atoms with Crippen LogP contribution in [0.4, 0.5) is 4.79 Å². The fraction of sp³-hybridized carbons (Fsp3) is 0.579. The van der Waals surface area contributed by atoms with Gasteiger partial charge < -0.3 is 19.9 Å². The van der Waals surface area contributed by atoms with Gasteiger partial charge in [0.2, 0.25) is 0 Å². The SMILES string of the molecule is CCOC(=O)[C@@H]1[C@H]2CC[C@H](C(O)C2)[C@H]1NC(=O)OCc1ccccc1. The summed E-state index contributed by atoms with van der Waals surface area (Å²) in [5, 5.41) is 13.1. The lowest BCUT2D eigenvalue weighted by atomic mass is 9.60. The Kier molecular flexibility index (Phi) is 5.58. The van der Waals surface area contributed by atoms with Gasteiger partial charge in [-0.3, -0.25) is 4.79 Å². The molecule has 0 saturated heterocycles. The predicted octanol–water partition coefficient (Wildman–Crippen LogP) is 2.25. The van der Waals surface area contributed by atoms with Crippen LogP contribution in [0.1, 0.15) is 31.7 Å². The van der Waals surface area contributed by atoms with Crippen molar-refractivity contribution in [2.45, 2.75) is 44.9 Å². The zero-order valence-corrected chi connectivity index (χ0v) is 14.4.